The summed E-state index contributed by atoms with van der Waals surface area (Å²) in [5.74, 6) is 1.80. The minimum absolute atomic E-state index is 0.137. The third-order valence-corrected chi connectivity index (χ3v) is 5.56. The van der Waals surface area contributed by atoms with Crippen LogP contribution in [0, 0.1) is 0 Å². The molecule has 3 rings (SSSR count). The van der Waals surface area contributed by atoms with E-state index in [1.807, 2.05) is 71.8 Å². The topological polar surface area (TPSA) is 38.8 Å². The largest absolute Gasteiger partial charge is 0.496 e. The molecule has 0 spiro atoms. The molecule has 29 heavy (non-hydrogen) atoms. The zero-order valence-electron chi connectivity index (χ0n) is 17.0. The molecule has 0 bridgehead atoms. The van der Waals surface area contributed by atoms with Gasteiger partial charge in [0.2, 0.25) is 5.91 Å². The first-order valence-corrected chi connectivity index (χ1v) is 10.7. The first-order valence-electron chi connectivity index (χ1n) is 9.83. The van der Waals surface area contributed by atoms with Gasteiger partial charge in [-0.1, -0.05) is 36.4 Å². The number of hydrogen-bond donors (Lipinski definition) is 0. The van der Waals surface area contributed by atoms with Crippen molar-refractivity contribution in [2.75, 3.05) is 13.7 Å². The first kappa shape index (κ1) is 20.9. The van der Waals surface area contributed by atoms with Gasteiger partial charge in [0, 0.05) is 23.4 Å². The number of para-hydroxylation sites is 1. The van der Waals surface area contributed by atoms with E-state index in [4.69, 9.17) is 9.47 Å². The number of ether oxygens (including phenoxy) is 2. The van der Waals surface area contributed by atoms with E-state index in [1.54, 1.807) is 18.4 Å². The Morgan fingerprint density at radius 2 is 1.79 bits per heavy atom. The number of benzene rings is 2. The number of thiophene rings is 1. The molecule has 0 saturated heterocycles. The number of amides is 1. The van der Waals surface area contributed by atoms with E-state index < -0.39 is 0 Å². The molecule has 1 aromatic heterocycles. The van der Waals surface area contributed by atoms with Gasteiger partial charge in [0.25, 0.3) is 0 Å². The molecule has 0 N–H and O–H groups in total. The molecular weight excluding hydrogens is 382 g/mol. The lowest BCUT2D eigenvalue weighted by atomic mass is 10.1. The van der Waals surface area contributed by atoms with Crippen LogP contribution in [0.4, 0.5) is 0 Å². The van der Waals surface area contributed by atoms with Crippen LogP contribution >= 0.6 is 11.3 Å². The quantitative estimate of drug-likeness (QED) is 0.455. The third kappa shape index (κ3) is 6.09. The summed E-state index contributed by atoms with van der Waals surface area (Å²) >= 11 is 1.67. The number of carbonyl (C=O) groups excluding carboxylic acids is 1. The van der Waals surface area contributed by atoms with E-state index in [2.05, 4.69) is 6.07 Å². The Morgan fingerprint density at radius 3 is 2.48 bits per heavy atom. The van der Waals surface area contributed by atoms with Gasteiger partial charge in [0.1, 0.15) is 11.5 Å². The maximum absolute atomic E-state index is 13.1. The molecule has 0 fully saturated rings. The van der Waals surface area contributed by atoms with Crippen LogP contribution in [0.2, 0.25) is 0 Å². The van der Waals surface area contributed by atoms with Crippen molar-refractivity contribution in [3.8, 4) is 11.5 Å². The minimum Gasteiger partial charge on any atom is -0.496 e. The summed E-state index contributed by atoms with van der Waals surface area (Å²) in [7, 11) is 1.66. The molecule has 3 aromatic rings. The van der Waals surface area contributed by atoms with Crippen molar-refractivity contribution in [3.05, 3.63) is 82.0 Å². The summed E-state index contributed by atoms with van der Waals surface area (Å²) < 4.78 is 11.0. The van der Waals surface area contributed by atoms with Crippen molar-refractivity contribution >= 4 is 17.2 Å². The van der Waals surface area contributed by atoms with Crippen molar-refractivity contribution in [1.82, 2.24) is 4.90 Å². The zero-order valence-corrected chi connectivity index (χ0v) is 17.8. The van der Waals surface area contributed by atoms with Crippen LogP contribution in [0.15, 0.2) is 66.0 Å². The highest BCUT2D eigenvalue weighted by Crippen LogP contribution is 2.22. The van der Waals surface area contributed by atoms with E-state index in [0.717, 1.165) is 22.6 Å². The molecule has 0 aliphatic heterocycles. The molecule has 0 aliphatic rings. The summed E-state index contributed by atoms with van der Waals surface area (Å²) in [4.78, 5) is 16.2. The van der Waals surface area contributed by atoms with Crippen molar-refractivity contribution in [2.24, 2.45) is 0 Å². The van der Waals surface area contributed by atoms with Gasteiger partial charge in [-0.3, -0.25) is 4.79 Å². The molecule has 2 aromatic carbocycles. The number of aryl methyl sites for hydroxylation is 1. The Balaban J connectivity index is 1.68. The molecule has 152 valence electrons. The van der Waals surface area contributed by atoms with E-state index in [0.29, 0.717) is 32.5 Å². The van der Waals surface area contributed by atoms with Gasteiger partial charge < -0.3 is 14.4 Å². The highest BCUT2D eigenvalue weighted by Gasteiger charge is 2.17. The lowest BCUT2D eigenvalue weighted by Gasteiger charge is -2.23. The van der Waals surface area contributed by atoms with Gasteiger partial charge in [-0.25, -0.2) is 0 Å². The summed E-state index contributed by atoms with van der Waals surface area (Å²) in [6, 6.07) is 19.9. The fourth-order valence-electron chi connectivity index (χ4n) is 3.19. The predicted molar refractivity (Wildman–Crippen MR) is 117 cm³/mol. The zero-order chi connectivity index (χ0) is 20.5. The summed E-state index contributed by atoms with van der Waals surface area (Å²) in [5, 5.41) is 2.04. The van der Waals surface area contributed by atoms with Crippen LogP contribution in [0.1, 0.15) is 29.3 Å². The maximum Gasteiger partial charge on any atom is 0.223 e. The molecule has 1 amide bonds. The van der Waals surface area contributed by atoms with Crippen molar-refractivity contribution in [3.63, 3.8) is 0 Å². The lowest BCUT2D eigenvalue weighted by Crippen LogP contribution is -2.30. The molecule has 0 atom stereocenters. The monoisotopic (exact) mass is 409 g/mol. The van der Waals surface area contributed by atoms with Crippen LogP contribution in [0.5, 0.6) is 11.5 Å². The summed E-state index contributed by atoms with van der Waals surface area (Å²) in [6.07, 6.45) is 1.17. The Hall–Kier alpha value is -2.79. The SMILES string of the molecule is CCOc1ccc(CCC(=O)N(Cc2cccs2)Cc2ccccc2OC)cc1. The van der Waals surface area contributed by atoms with E-state index in [1.165, 1.54) is 4.88 Å². The number of rotatable bonds is 10. The van der Waals surface area contributed by atoms with Gasteiger partial charge in [-0.15, -0.1) is 11.3 Å². The predicted octanol–water partition coefficient (Wildman–Crippen LogP) is 5.32. The molecule has 4 nitrogen and oxygen atoms in total. The number of methoxy groups -OCH3 is 1. The fraction of sp³-hybridized carbons (Fsp3) is 0.292. The number of carbonyl (C=O) groups is 1. The molecule has 5 heteroatoms. The van der Waals surface area contributed by atoms with Crippen molar-refractivity contribution in [1.29, 1.82) is 0 Å². The van der Waals surface area contributed by atoms with E-state index in [-0.39, 0.29) is 5.91 Å². The van der Waals surface area contributed by atoms with Crippen LogP contribution in [-0.4, -0.2) is 24.5 Å². The van der Waals surface area contributed by atoms with E-state index >= 15 is 0 Å². The van der Waals surface area contributed by atoms with Gasteiger partial charge in [-0.05, 0) is 48.6 Å². The van der Waals surface area contributed by atoms with Gasteiger partial charge in [0.05, 0.1) is 20.3 Å². The average molecular weight is 410 g/mol. The Morgan fingerprint density at radius 1 is 1.00 bits per heavy atom. The van der Waals surface area contributed by atoms with Gasteiger partial charge >= 0.3 is 0 Å². The van der Waals surface area contributed by atoms with Crippen LogP contribution < -0.4 is 9.47 Å². The molecule has 0 aliphatic carbocycles. The minimum atomic E-state index is 0.137. The van der Waals surface area contributed by atoms with Crippen LogP contribution in [-0.2, 0) is 24.3 Å². The normalized spacial score (nSPS) is 10.6. The fourth-order valence-corrected chi connectivity index (χ4v) is 3.91. The smallest absolute Gasteiger partial charge is 0.223 e. The Kier molecular flexibility index (Phi) is 7.70. The van der Waals surface area contributed by atoms with E-state index in [9.17, 15) is 4.79 Å². The second-order valence-corrected chi connectivity index (χ2v) is 7.75. The standard InChI is InChI=1S/C24H27NO3S/c1-3-28-21-13-10-19(11-14-21)12-15-24(26)25(18-22-8-6-16-29-22)17-20-7-4-5-9-23(20)27-2/h4-11,13-14,16H,3,12,15,17-18H2,1-2H3. The highest BCUT2D eigenvalue weighted by atomic mass is 32.1. The number of hydrogen-bond acceptors (Lipinski definition) is 4. The first-order chi connectivity index (χ1) is 14.2. The third-order valence-electron chi connectivity index (χ3n) is 4.70. The molecule has 0 unspecified atom stereocenters. The van der Waals surface area contributed by atoms with Crippen LogP contribution in [0.25, 0.3) is 0 Å². The maximum atomic E-state index is 13.1. The second-order valence-electron chi connectivity index (χ2n) is 6.72. The summed E-state index contributed by atoms with van der Waals surface area (Å²) in [5.41, 5.74) is 2.15. The van der Waals surface area contributed by atoms with Gasteiger partial charge in [-0.2, -0.15) is 0 Å². The van der Waals surface area contributed by atoms with Crippen molar-refractivity contribution < 1.29 is 14.3 Å². The Labute approximate surface area is 176 Å². The molecule has 0 radical (unpaired) electrons. The van der Waals surface area contributed by atoms with Crippen LogP contribution in [0.3, 0.4) is 0 Å². The molecular formula is C24H27NO3S. The van der Waals surface area contributed by atoms with Gasteiger partial charge in [0.15, 0.2) is 0 Å². The number of nitrogens with zero attached hydrogens (tertiary/aromatic N) is 1. The lowest BCUT2D eigenvalue weighted by molar-refractivity contribution is -0.132. The molecule has 1 heterocycles. The second kappa shape index (κ2) is 10.7. The highest BCUT2D eigenvalue weighted by molar-refractivity contribution is 7.09. The molecule has 0 saturated carbocycles. The van der Waals surface area contributed by atoms with Crippen molar-refractivity contribution in [2.45, 2.75) is 32.9 Å². The Bertz CT molecular complexity index is 891. The average Bonchev–Trinajstić information content (AvgIpc) is 3.26. The summed E-state index contributed by atoms with van der Waals surface area (Å²) in [6.45, 7) is 3.76.